The molecule has 0 fully saturated rings. The van der Waals surface area contributed by atoms with E-state index in [1.807, 2.05) is 19.1 Å². The van der Waals surface area contributed by atoms with E-state index in [0.29, 0.717) is 0 Å². The van der Waals surface area contributed by atoms with E-state index >= 15 is 0 Å². The van der Waals surface area contributed by atoms with Crippen LogP contribution in [0.1, 0.15) is 43.2 Å². The third-order valence-corrected chi connectivity index (χ3v) is 2.88. The van der Waals surface area contributed by atoms with Crippen molar-refractivity contribution in [1.82, 2.24) is 0 Å². The fourth-order valence-corrected chi connectivity index (χ4v) is 2.02. The zero-order valence-corrected chi connectivity index (χ0v) is 9.25. The van der Waals surface area contributed by atoms with E-state index < -0.39 is 0 Å². The maximum atomic E-state index is 11.6. The number of hydrogen-bond acceptors (Lipinski definition) is 2. The van der Waals surface area contributed by atoms with Crippen molar-refractivity contribution in [2.45, 2.75) is 39.0 Å². The van der Waals surface area contributed by atoms with E-state index in [0.717, 1.165) is 30.6 Å². The van der Waals surface area contributed by atoms with Gasteiger partial charge in [0.1, 0.15) is 5.75 Å². The summed E-state index contributed by atoms with van der Waals surface area (Å²) in [4.78, 5) is 11.6. The lowest BCUT2D eigenvalue weighted by molar-refractivity contribution is -0.134. The van der Waals surface area contributed by atoms with Crippen molar-refractivity contribution in [1.29, 1.82) is 0 Å². The van der Waals surface area contributed by atoms with Crippen LogP contribution in [0.4, 0.5) is 0 Å². The van der Waals surface area contributed by atoms with Gasteiger partial charge in [-0.3, -0.25) is 4.79 Å². The smallest absolute Gasteiger partial charge is 0.318 e. The number of fused-ring (bicyclic) bond motifs is 1. The number of esters is 1. The fourth-order valence-electron chi connectivity index (χ4n) is 2.02. The van der Waals surface area contributed by atoms with Gasteiger partial charge in [0.05, 0.1) is 5.92 Å². The molecule has 1 aliphatic rings. The van der Waals surface area contributed by atoms with Gasteiger partial charge in [-0.05, 0) is 19.4 Å². The summed E-state index contributed by atoms with van der Waals surface area (Å²) < 4.78 is 5.23. The fraction of sp³-hybridized carbons (Fsp3) is 0.462. The molecule has 1 aliphatic heterocycles. The summed E-state index contributed by atoms with van der Waals surface area (Å²) in [5.74, 6) is 0.649. The Morgan fingerprint density at radius 1 is 1.40 bits per heavy atom. The molecule has 1 unspecified atom stereocenters. The van der Waals surface area contributed by atoms with Gasteiger partial charge in [0.2, 0.25) is 0 Å². The predicted molar refractivity (Wildman–Crippen MR) is 59.1 cm³/mol. The number of rotatable bonds is 3. The van der Waals surface area contributed by atoms with Crippen molar-refractivity contribution >= 4 is 5.97 Å². The van der Waals surface area contributed by atoms with E-state index in [9.17, 15) is 4.79 Å². The molecule has 2 heteroatoms. The van der Waals surface area contributed by atoms with Crippen molar-refractivity contribution in [3.63, 3.8) is 0 Å². The Morgan fingerprint density at radius 2 is 2.20 bits per heavy atom. The lowest BCUT2D eigenvalue weighted by atomic mass is 9.94. The number of benzene rings is 1. The monoisotopic (exact) mass is 204 g/mol. The predicted octanol–water partition coefficient (Wildman–Crippen LogP) is 3.19. The molecule has 0 radical (unpaired) electrons. The third kappa shape index (κ3) is 1.89. The van der Waals surface area contributed by atoms with Crippen LogP contribution in [-0.2, 0) is 4.79 Å². The van der Waals surface area contributed by atoms with Gasteiger partial charge >= 0.3 is 5.97 Å². The van der Waals surface area contributed by atoms with Gasteiger partial charge in [-0.25, -0.2) is 0 Å². The van der Waals surface area contributed by atoms with Crippen molar-refractivity contribution in [3.05, 3.63) is 29.3 Å². The van der Waals surface area contributed by atoms with Crippen LogP contribution in [0.15, 0.2) is 18.2 Å². The van der Waals surface area contributed by atoms with E-state index in [1.165, 1.54) is 5.56 Å². The largest absolute Gasteiger partial charge is 0.426 e. The molecule has 15 heavy (non-hydrogen) atoms. The summed E-state index contributed by atoms with van der Waals surface area (Å²) in [6.07, 6.45) is 3.10. The molecule has 2 rings (SSSR count). The highest BCUT2D eigenvalue weighted by Crippen LogP contribution is 2.38. The Kier molecular flexibility index (Phi) is 2.76. The standard InChI is InChI=1S/C13H16O2/c1-3-4-5-10-11-8-9(2)6-7-12(11)15-13(10)14/h6-8,10H,3-5H2,1-2H3. The average Bonchev–Trinajstić information content (AvgIpc) is 2.51. The van der Waals surface area contributed by atoms with Crippen LogP contribution in [0.3, 0.4) is 0 Å². The second-order valence-corrected chi connectivity index (χ2v) is 4.16. The first-order valence-corrected chi connectivity index (χ1v) is 5.54. The zero-order chi connectivity index (χ0) is 10.8. The van der Waals surface area contributed by atoms with Gasteiger partial charge in [0, 0.05) is 5.56 Å². The Labute approximate surface area is 90.3 Å². The molecule has 2 nitrogen and oxygen atoms in total. The molecule has 0 spiro atoms. The summed E-state index contributed by atoms with van der Waals surface area (Å²) in [6, 6.07) is 5.95. The second-order valence-electron chi connectivity index (χ2n) is 4.16. The van der Waals surface area contributed by atoms with Gasteiger partial charge in [0.15, 0.2) is 0 Å². The first-order chi connectivity index (χ1) is 7.22. The number of carbonyl (C=O) groups is 1. The maximum Gasteiger partial charge on any atom is 0.318 e. The molecule has 1 atom stereocenters. The first-order valence-electron chi connectivity index (χ1n) is 5.54. The van der Waals surface area contributed by atoms with Crippen LogP contribution in [-0.4, -0.2) is 5.97 Å². The second kappa shape index (κ2) is 4.05. The van der Waals surface area contributed by atoms with E-state index in [2.05, 4.69) is 13.0 Å². The molecule has 1 aromatic rings. The lowest BCUT2D eigenvalue weighted by Crippen LogP contribution is -2.09. The van der Waals surface area contributed by atoms with Crippen LogP contribution in [0.25, 0.3) is 0 Å². The van der Waals surface area contributed by atoms with Crippen molar-refractivity contribution in [3.8, 4) is 5.75 Å². The molecule has 0 bridgehead atoms. The average molecular weight is 204 g/mol. The van der Waals surface area contributed by atoms with Crippen LogP contribution in [0, 0.1) is 6.92 Å². The molecule has 1 aromatic carbocycles. The van der Waals surface area contributed by atoms with Gasteiger partial charge in [-0.15, -0.1) is 0 Å². The highest BCUT2D eigenvalue weighted by Gasteiger charge is 2.32. The summed E-state index contributed by atoms with van der Waals surface area (Å²) in [5, 5.41) is 0. The molecule has 0 N–H and O–H groups in total. The van der Waals surface area contributed by atoms with Crippen LogP contribution in [0.5, 0.6) is 5.75 Å². The zero-order valence-electron chi connectivity index (χ0n) is 9.25. The number of carbonyl (C=O) groups excluding carboxylic acids is 1. The quantitative estimate of drug-likeness (QED) is 0.558. The molecular weight excluding hydrogens is 188 g/mol. The summed E-state index contributed by atoms with van der Waals surface area (Å²) >= 11 is 0. The first kappa shape index (κ1) is 10.2. The van der Waals surface area contributed by atoms with Crippen LogP contribution >= 0.6 is 0 Å². The third-order valence-electron chi connectivity index (χ3n) is 2.88. The summed E-state index contributed by atoms with van der Waals surface area (Å²) in [5.41, 5.74) is 2.27. The van der Waals surface area contributed by atoms with Crippen molar-refractivity contribution in [2.75, 3.05) is 0 Å². The lowest BCUT2D eigenvalue weighted by Gasteiger charge is -2.05. The van der Waals surface area contributed by atoms with E-state index in [1.54, 1.807) is 0 Å². The minimum Gasteiger partial charge on any atom is -0.426 e. The highest BCUT2D eigenvalue weighted by molar-refractivity contribution is 5.86. The molecule has 0 saturated heterocycles. The molecule has 0 saturated carbocycles. The summed E-state index contributed by atoms with van der Waals surface area (Å²) in [7, 11) is 0. The SMILES string of the molecule is CCCCC1C(=O)Oc2ccc(C)cc21. The topological polar surface area (TPSA) is 26.3 Å². The maximum absolute atomic E-state index is 11.6. The highest BCUT2D eigenvalue weighted by atomic mass is 16.5. The minimum absolute atomic E-state index is 0.0279. The van der Waals surface area contributed by atoms with Gasteiger partial charge < -0.3 is 4.74 Å². The Balaban J connectivity index is 2.27. The summed E-state index contributed by atoms with van der Waals surface area (Å²) in [6.45, 7) is 4.18. The van der Waals surface area contributed by atoms with Gasteiger partial charge in [-0.1, -0.05) is 37.5 Å². The van der Waals surface area contributed by atoms with Crippen LogP contribution < -0.4 is 4.74 Å². The Hall–Kier alpha value is -1.31. The number of hydrogen-bond donors (Lipinski definition) is 0. The molecule has 1 heterocycles. The van der Waals surface area contributed by atoms with E-state index in [-0.39, 0.29) is 11.9 Å². The van der Waals surface area contributed by atoms with Gasteiger partial charge in [0.25, 0.3) is 0 Å². The Morgan fingerprint density at radius 3 is 2.93 bits per heavy atom. The normalized spacial score (nSPS) is 18.8. The molecule has 0 aromatic heterocycles. The Bertz CT molecular complexity index is 382. The minimum atomic E-state index is -0.0796. The molecular formula is C13H16O2. The molecule has 0 amide bonds. The van der Waals surface area contributed by atoms with E-state index in [4.69, 9.17) is 4.74 Å². The number of ether oxygens (including phenoxy) is 1. The molecule has 0 aliphatic carbocycles. The number of aryl methyl sites for hydroxylation is 1. The van der Waals surface area contributed by atoms with Gasteiger partial charge in [-0.2, -0.15) is 0 Å². The van der Waals surface area contributed by atoms with Crippen molar-refractivity contribution < 1.29 is 9.53 Å². The van der Waals surface area contributed by atoms with Crippen molar-refractivity contribution in [2.24, 2.45) is 0 Å². The number of unbranched alkanes of at least 4 members (excludes halogenated alkanes) is 1. The van der Waals surface area contributed by atoms with Crippen LogP contribution in [0.2, 0.25) is 0 Å². The molecule has 80 valence electrons.